The van der Waals surface area contributed by atoms with Crippen molar-refractivity contribution in [2.75, 3.05) is 18.0 Å². The third-order valence-electron chi connectivity index (χ3n) is 11.6. The second-order valence-electron chi connectivity index (χ2n) is 15.2. The van der Waals surface area contributed by atoms with Crippen LogP contribution in [0.25, 0.3) is 21.5 Å². The highest BCUT2D eigenvalue weighted by Gasteiger charge is 2.49. The monoisotopic (exact) mass is 712 g/mol. The largest absolute Gasteiger partial charge is 0.344 e. The second kappa shape index (κ2) is 13.8. The van der Waals surface area contributed by atoms with Crippen LogP contribution in [0.5, 0.6) is 0 Å². The molecule has 0 aliphatic carbocycles. The molecule has 0 N–H and O–H groups in total. The number of fused-ring (bicyclic) bond motifs is 6. The number of benzene rings is 6. The summed E-state index contributed by atoms with van der Waals surface area (Å²) in [4.78, 5) is 2.39. The average molecular weight is 713 g/mol. The molecule has 0 bridgehead atoms. The minimum absolute atomic E-state index is 0.362. The molecule has 5 heteroatoms. The number of halogens is 2. The SMILES string of the molecule is CCC[N+]1=C(C=CC=C2N(CC)c3c(ccc4ccccc34)C2(C)Cc2cc(F)cc(F)c2)C(C)(Cc2ccc(C#N)cc2)c2ccc3ccccc3c21. The van der Waals surface area contributed by atoms with E-state index in [1.54, 1.807) is 0 Å². The van der Waals surface area contributed by atoms with Crippen molar-refractivity contribution in [3.8, 4) is 6.07 Å². The first-order valence-corrected chi connectivity index (χ1v) is 19.0. The summed E-state index contributed by atoms with van der Waals surface area (Å²) in [6.07, 6.45) is 8.89. The number of anilines is 1. The van der Waals surface area contributed by atoms with Crippen LogP contribution in [-0.4, -0.2) is 23.4 Å². The van der Waals surface area contributed by atoms with Crippen molar-refractivity contribution in [1.82, 2.24) is 0 Å². The zero-order valence-electron chi connectivity index (χ0n) is 31.3. The average Bonchev–Trinajstić information content (AvgIpc) is 3.55. The quantitative estimate of drug-likeness (QED) is 0.140. The van der Waals surface area contributed by atoms with Gasteiger partial charge in [0.2, 0.25) is 5.69 Å². The van der Waals surface area contributed by atoms with Crippen LogP contribution in [0.1, 0.15) is 61.9 Å². The Kier molecular flexibility index (Phi) is 9.02. The molecular weight excluding hydrogens is 669 g/mol. The lowest BCUT2D eigenvalue weighted by Gasteiger charge is -2.30. The van der Waals surface area contributed by atoms with Gasteiger partial charge in [0.1, 0.15) is 18.2 Å². The van der Waals surface area contributed by atoms with Crippen LogP contribution < -0.4 is 4.90 Å². The van der Waals surface area contributed by atoms with Gasteiger partial charge in [0.15, 0.2) is 5.71 Å². The molecule has 2 aliphatic rings. The number of allylic oxidation sites excluding steroid dienone is 4. The molecule has 2 atom stereocenters. The number of likely N-dealkylation sites (N-methyl/N-ethyl adjacent to an activating group) is 1. The maximum absolute atomic E-state index is 14.6. The molecule has 2 heterocycles. The van der Waals surface area contributed by atoms with Gasteiger partial charge in [-0.3, -0.25) is 0 Å². The molecule has 268 valence electrons. The van der Waals surface area contributed by atoms with Crippen molar-refractivity contribution in [1.29, 1.82) is 5.26 Å². The van der Waals surface area contributed by atoms with E-state index >= 15 is 0 Å². The fraction of sp³-hybridized carbons (Fsp3) is 0.224. The van der Waals surface area contributed by atoms with Crippen LogP contribution in [0.4, 0.5) is 20.2 Å². The van der Waals surface area contributed by atoms with E-state index in [0.29, 0.717) is 17.5 Å². The minimum Gasteiger partial charge on any atom is -0.344 e. The van der Waals surface area contributed by atoms with Gasteiger partial charge >= 0.3 is 0 Å². The zero-order chi connectivity index (χ0) is 37.6. The van der Waals surface area contributed by atoms with E-state index < -0.39 is 17.0 Å². The van der Waals surface area contributed by atoms with E-state index in [-0.39, 0.29) is 5.41 Å². The lowest BCUT2D eigenvalue weighted by Crippen LogP contribution is -2.34. The number of nitrogens with zero attached hydrogens (tertiary/aromatic N) is 3. The third-order valence-corrected chi connectivity index (χ3v) is 11.6. The molecule has 3 nitrogen and oxygen atoms in total. The summed E-state index contributed by atoms with van der Waals surface area (Å²) in [6, 6.07) is 40.1. The Morgan fingerprint density at radius 3 is 2.02 bits per heavy atom. The van der Waals surface area contributed by atoms with E-state index in [1.807, 2.05) is 12.1 Å². The Morgan fingerprint density at radius 2 is 1.35 bits per heavy atom. The van der Waals surface area contributed by atoms with Crippen LogP contribution in [0.2, 0.25) is 0 Å². The molecule has 0 saturated carbocycles. The fourth-order valence-corrected chi connectivity index (χ4v) is 9.26. The summed E-state index contributed by atoms with van der Waals surface area (Å²) in [5.41, 5.74) is 8.68. The second-order valence-corrected chi connectivity index (χ2v) is 15.2. The lowest BCUT2D eigenvalue weighted by molar-refractivity contribution is -0.436. The van der Waals surface area contributed by atoms with Gasteiger partial charge in [-0.25, -0.2) is 8.78 Å². The first-order valence-electron chi connectivity index (χ1n) is 19.0. The highest BCUT2D eigenvalue weighted by Crippen LogP contribution is 2.53. The maximum Gasteiger partial charge on any atom is 0.217 e. The molecule has 6 aromatic carbocycles. The van der Waals surface area contributed by atoms with E-state index in [2.05, 4.69) is 146 Å². The van der Waals surface area contributed by atoms with E-state index in [9.17, 15) is 14.0 Å². The Balaban J connectivity index is 1.31. The molecule has 0 amide bonds. The summed E-state index contributed by atoms with van der Waals surface area (Å²) in [5, 5.41) is 14.3. The molecule has 8 rings (SSSR count). The number of rotatable bonds is 9. The lowest BCUT2D eigenvalue weighted by atomic mass is 9.74. The van der Waals surface area contributed by atoms with Crippen molar-refractivity contribution in [2.24, 2.45) is 0 Å². The van der Waals surface area contributed by atoms with Gasteiger partial charge in [-0.15, -0.1) is 0 Å². The molecule has 0 saturated heterocycles. The molecule has 54 heavy (non-hydrogen) atoms. The van der Waals surface area contributed by atoms with Crippen LogP contribution in [0.3, 0.4) is 0 Å². The molecule has 0 aromatic heterocycles. The Bertz CT molecular complexity index is 2550. The Hall–Kier alpha value is -5.86. The molecule has 0 radical (unpaired) electrons. The molecule has 2 aliphatic heterocycles. The predicted molar refractivity (Wildman–Crippen MR) is 218 cm³/mol. The van der Waals surface area contributed by atoms with Gasteiger partial charge in [-0.2, -0.15) is 9.84 Å². The van der Waals surface area contributed by atoms with Crippen molar-refractivity contribution >= 4 is 38.6 Å². The van der Waals surface area contributed by atoms with Crippen LogP contribution in [0, 0.1) is 23.0 Å². The van der Waals surface area contributed by atoms with Gasteiger partial charge in [-0.05, 0) is 97.5 Å². The summed E-state index contributed by atoms with van der Waals surface area (Å²) in [7, 11) is 0. The van der Waals surface area contributed by atoms with E-state index in [4.69, 9.17) is 0 Å². The van der Waals surface area contributed by atoms with Crippen molar-refractivity contribution in [2.45, 2.75) is 57.8 Å². The van der Waals surface area contributed by atoms with Crippen LogP contribution in [0.15, 0.2) is 139 Å². The minimum atomic E-state index is -0.564. The summed E-state index contributed by atoms with van der Waals surface area (Å²) >= 11 is 0. The van der Waals surface area contributed by atoms with Crippen molar-refractivity contribution < 1.29 is 13.4 Å². The van der Waals surface area contributed by atoms with E-state index in [0.717, 1.165) is 59.7 Å². The third kappa shape index (κ3) is 5.82. The molecule has 6 aromatic rings. The predicted octanol–water partition coefficient (Wildman–Crippen LogP) is 11.6. The maximum atomic E-state index is 14.6. The zero-order valence-corrected chi connectivity index (χ0v) is 31.3. The highest BCUT2D eigenvalue weighted by atomic mass is 19.1. The van der Waals surface area contributed by atoms with Gasteiger partial charge in [0.25, 0.3) is 0 Å². The van der Waals surface area contributed by atoms with Gasteiger partial charge in [0, 0.05) is 47.2 Å². The summed E-state index contributed by atoms with van der Waals surface area (Å²) in [6.45, 7) is 10.6. The Labute approximate surface area is 316 Å². The first-order chi connectivity index (χ1) is 26.2. The summed E-state index contributed by atoms with van der Waals surface area (Å²) < 4.78 is 31.8. The van der Waals surface area contributed by atoms with Crippen molar-refractivity contribution in [3.63, 3.8) is 0 Å². The summed E-state index contributed by atoms with van der Waals surface area (Å²) in [5.74, 6) is -1.13. The van der Waals surface area contributed by atoms with Gasteiger partial charge < -0.3 is 4.90 Å². The van der Waals surface area contributed by atoms with Gasteiger partial charge in [0.05, 0.1) is 28.1 Å². The number of nitriles is 1. The topological polar surface area (TPSA) is 30.0 Å². The molecule has 2 unspecified atom stereocenters. The standard InChI is InChI=1S/C49H44F2N3/c1-5-26-54-45(48(3,30-33-18-20-34(32-52)21-19-33)43-25-23-37-13-8-10-15-41(37)47(43)54)17-11-16-44-49(4,31-35-27-38(50)29-39(51)28-35)42-24-22-36-12-7-9-14-40(36)46(42)53(44)6-2/h7-25,27-29H,5-6,26,30-31H2,1-4H3/q+1. The first kappa shape index (κ1) is 35.2. The highest BCUT2D eigenvalue weighted by molar-refractivity contribution is 6.08. The van der Waals surface area contributed by atoms with Crippen LogP contribution >= 0.6 is 0 Å². The van der Waals surface area contributed by atoms with Crippen molar-refractivity contribution in [3.05, 3.63) is 179 Å². The smallest absolute Gasteiger partial charge is 0.217 e. The van der Waals surface area contributed by atoms with Crippen LogP contribution in [-0.2, 0) is 23.7 Å². The molecule has 0 fully saturated rings. The molecular formula is C49H44F2N3+. The Morgan fingerprint density at radius 1 is 0.722 bits per heavy atom. The number of hydrogen-bond donors (Lipinski definition) is 0. The number of hydrogen-bond acceptors (Lipinski definition) is 2. The normalized spacial score (nSPS) is 20.0. The van der Waals surface area contributed by atoms with Gasteiger partial charge in [-0.1, -0.05) is 91.9 Å². The van der Waals surface area contributed by atoms with E-state index in [1.165, 1.54) is 45.4 Å². The molecule has 0 spiro atoms. The fourth-order valence-electron chi connectivity index (χ4n) is 9.26.